The van der Waals surface area contributed by atoms with Gasteiger partial charge in [0.05, 0.1) is 23.8 Å². The van der Waals surface area contributed by atoms with Crippen molar-refractivity contribution in [2.45, 2.75) is 19.4 Å². The molecule has 0 aliphatic carbocycles. The van der Waals surface area contributed by atoms with Gasteiger partial charge in [0.15, 0.2) is 0 Å². The maximum Gasteiger partial charge on any atom is 0.244 e. The maximum atomic E-state index is 12.9. The molecule has 1 heterocycles. The van der Waals surface area contributed by atoms with Gasteiger partial charge in [-0.3, -0.25) is 14.4 Å². The lowest BCUT2D eigenvalue weighted by Crippen LogP contribution is -2.43. The SMILES string of the molecule is CC(=O)NC(CC(=O)N1CC(=O)Nc2ccccc21)c1ccccc1. The highest BCUT2D eigenvalue weighted by Gasteiger charge is 2.28. The van der Waals surface area contributed by atoms with Crippen molar-refractivity contribution in [3.63, 3.8) is 0 Å². The molecule has 0 saturated heterocycles. The van der Waals surface area contributed by atoms with E-state index in [-0.39, 0.29) is 30.7 Å². The zero-order valence-corrected chi connectivity index (χ0v) is 13.9. The van der Waals surface area contributed by atoms with Crippen LogP contribution in [0.4, 0.5) is 11.4 Å². The Morgan fingerprint density at radius 1 is 1.12 bits per heavy atom. The van der Waals surface area contributed by atoms with Crippen LogP contribution < -0.4 is 15.5 Å². The van der Waals surface area contributed by atoms with Gasteiger partial charge in [-0.1, -0.05) is 42.5 Å². The first-order chi connectivity index (χ1) is 12.0. The van der Waals surface area contributed by atoms with E-state index in [2.05, 4.69) is 10.6 Å². The number of fused-ring (bicyclic) bond motifs is 1. The lowest BCUT2D eigenvalue weighted by Gasteiger charge is -2.30. The number of amides is 3. The number of anilines is 2. The number of hydrogen-bond acceptors (Lipinski definition) is 3. The Balaban J connectivity index is 1.84. The zero-order chi connectivity index (χ0) is 17.8. The van der Waals surface area contributed by atoms with Crippen molar-refractivity contribution in [2.24, 2.45) is 0 Å². The van der Waals surface area contributed by atoms with Gasteiger partial charge in [0, 0.05) is 6.92 Å². The molecule has 0 spiro atoms. The molecule has 3 amide bonds. The molecule has 0 bridgehead atoms. The summed E-state index contributed by atoms with van der Waals surface area (Å²) in [5.74, 6) is -0.661. The van der Waals surface area contributed by atoms with Gasteiger partial charge in [0.2, 0.25) is 17.7 Å². The van der Waals surface area contributed by atoms with E-state index in [1.807, 2.05) is 36.4 Å². The second-order valence-electron chi connectivity index (χ2n) is 5.91. The van der Waals surface area contributed by atoms with Crippen LogP contribution in [0.5, 0.6) is 0 Å². The van der Waals surface area contributed by atoms with E-state index in [4.69, 9.17) is 0 Å². The summed E-state index contributed by atoms with van der Waals surface area (Å²) < 4.78 is 0. The predicted molar refractivity (Wildman–Crippen MR) is 95.0 cm³/mol. The molecule has 1 atom stereocenters. The van der Waals surface area contributed by atoms with Gasteiger partial charge >= 0.3 is 0 Å². The number of para-hydroxylation sites is 2. The minimum atomic E-state index is -0.441. The smallest absolute Gasteiger partial charge is 0.244 e. The van der Waals surface area contributed by atoms with Crippen LogP contribution in [0.2, 0.25) is 0 Å². The Morgan fingerprint density at radius 3 is 2.52 bits per heavy atom. The maximum absolute atomic E-state index is 12.9. The summed E-state index contributed by atoms with van der Waals surface area (Å²) >= 11 is 0. The van der Waals surface area contributed by atoms with Crippen LogP contribution in [0.3, 0.4) is 0 Å². The summed E-state index contributed by atoms with van der Waals surface area (Å²) in [6.45, 7) is 1.39. The van der Waals surface area contributed by atoms with Crippen LogP contribution in [0.25, 0.3) is 0 Å². The highest BCUT2D eigenvalue weighted by molar-refractivity contribution is 6.10. The molecule has 0 saturated carbocycles. The largest absolute Gasteiger partial charge is 0.349 e. The molecule has 128 valence electrons. The van der Waals surface area contributed by atoms with Gasteiger partial charge < -0.3 is 15.5 Å². The highest BCUT2D eigenvalue weighted by atomic mass is 16.2. The first-order valence-electron chi connectivity index (χ1n) is 8.06. The number of hydrogen-bond donors (Lipinski definition) is 2. The van der Waals surface area contributed by atoms with Crippen molar-refractivity contribution in [2.75, 3.05) is 16.8 Å². The third-order valence-corrected chi connectivity index (χ3v) is 4.03. The molecule has 6 nitrogen and oxygen atoms in total. The summed E-state index contributed by atoms with van der Waals surface area (Å²) in [5, 5.41) is 5.57. The van der Waals surface area contributed by atoms with E-state index in [0.29, 0.717) is 11.4 Å². The summed E-state index contributed by atoms with van der Waals surface area (Å²) in [6.07, 6.45) is 0.0746. The van der Waals surface area contributed by atoms with Gasteiger partial charge in [-0.05, 0) is 17.7 Å². The number of nitrogens with zero attached hydrogens (tertiary/aromatic N) is 1. The number of carbonyl (C=O) groups is 3. The van der Waals surface area contributed by atoms with E-state index in [1.165, 1.54) is 11.8 Å². The predicted octanol–water partition coefficient (Wildman–Crippen LogP) is 2.24. The van der Waals surface area contributed by atoms with E-state index in [0.717, 1.165) is 5.56 Å². The van der Waals surface area contributed by atoms with Gasteiger partial charge in [-0.15, -0.1) is 0 Å². The Bertz CT molecular complexity index is 805. The molecule has 1 aliphatic rings. The van der Waals surface area contributed by atoms with E-state index in [9.17, 15) is 14.4 Å². The normalized spacial score (nSPS) is 14.3. The molecule has 3 rings (SSSR count). The molecule has 25 heavy (non-hydrogen) atoms. The minimum Gasteiger partial charge on any atom is -0.349 e. The van der Waals surface area contributed by atoms with E-state index < -0.39 is 6.04 Å². The Morgan fingerprint density at radius 2 is 1.80 bits per heavy atom. The van der Waals surface area contributed by atoms with Crippen LogP contribution in [-0.4, -0.2) is 24.3 Å². The molecule has 1 aliphatic heterocycles. The van der Waals surface area contributed by atoms with Crippen LogP contribution in [0.15, 0.2) is 54.6 Å². The Hall–Kier alpha value is -3.15. The van der Waals surface area contributed by atoms with Gasteiger partial charge in [0.1, 0.15) is 6.54 Å². The van der Waals surface area contributed by atoms with Crippen LogP contribution in [0.1, 0.15) is 24.9 Å². The molecule has 6 heteroatoms. The first kappa shape index (κ1) is 16.7. The fourth-order valence-electron chi connectivity index (χ4n) is 2.92. The van der Waals surface area contributed by atoms with Gasteiger partial charge in [-0.2, -0.15) is 0 Å². The molecule has 0 fully saturated rings. The summed E-state index contributed by atoms with van der Waals surface area (Å²) in [4.78, 5) is 37.8. The van der Waals surface area contributed by atoms with Gasteiger partial charge in [-0.25, -0.2) is 0 Å². The Kier molecular flexibility index (Phi) is 4.79. The molecule has 1 unspecified atom stereocenters. The molecular weight excluding hydrogens is 318 g/mol. The third-order valence-electron chi connectivity index (χ3n) is 4.03. The van der Waals surface area contributed by atoms with E-state index >= 15 is 0 Å². The number of nitrogens with one attached hydrogen (secondary N) is 2. The van der Waals surface area contributed by atoms with Crippen LogP contribution >= 0.6 is 0 Å². The van der Waals surface area contributed by atoms with Crippen molar-refractivity contribution >= 4 is 29.1 Å². The molecule has 2 N–H and O–H groups in total. The summed E-state index contributed by atoms with van der Waals surface area (Å²) in [7, 11) is 0. The van der Waals surface area contributed by atoms with Crippen LogP contribution in [-0.2, 0) is 14.4 Å². The fourth-order valence-corrected chi connectivity index (χ4v) is 2.92. The third kappa shape index (κ3) is 3.85. The quantitative estimate of drug-likeness (QED) is 0.898. The average molecular weight is 337 g/mol. The van der Waals surface area contributed by atoms with Crippen LogP contribution in [0, 0.1) is 0 Å². The van der Waals surface area contributed by atoms with Crippen molar-refractivity contribution in [3.05, 3.63) is 60.2 Å². The van der Waals surface area contributed by atoms with Crippen molar-refractivity contribution in [3.8, 4) is 0 Å². The first-order valence-corrected chi connectivity index (χ1v) is 8.06. The summed E-state index contributed by atoms with van der Waals surface area (Å²) in [5.41, 5.74) is 2.13. The molecule has 0 radical (unpaired) electrons. The highest BCUT2D eigenvalue weighted by Crippen LogP contribution is 2.30. The average Bonchev–Trinajstić information content (AvgIpc) is 2.60. The van der Waals surface area contributed by atoms with Crippen molar-refractivity contribution < 1.29 is 14.4 Å². The Labute approximate surface area is 145 Å². The lowest BCUT2D eigenvalue weighted by molar-refractivity contribution is -0.123. The fraction of sp³-hybridized carbons (Fsp3) is 0.211. The van der Waals surface area contributed by atoms with Gasteiger partial charge in [0.25, 0.3) is 0 Å². The molecule has 2 aromatic rings. The summed E-state index contributed by atoms with van der Waals surface area (Å²) in [6, 6.07) is 16.1. The zero-order valence-electron chi connectivity index (χ0n) is 13.9. The number of benzene rings is 2. The number of carbonyl (C=O) groups excluding carboxylic acids is 3. The number of rotatable bonds is 4. The van der Waals surface area contributed by atoms with Crippen molar-refractivity contribution in [1.29, 1.82) is 0 Å². The monoisotopic (exact) mass is 337 g/mol. The second-order valence-corrected chi connectivity index (χ2v) is 5.91. The molecular formula is C19H19N3O3. The minimum absolute atomic E-state index is 0.0303. The topological polar surface area (TPSA) is 78.5 Å². The molecule has 2 aromatic carbocycles. The second kappa shape index (κ2) is 7.17. The lowest BCUT2D eigenvalue weighted by atomic mass is 10.0. The van der Waals surface area contributed by atoms with Crippen molar-refractivity contribution in [1.82, 2.24) is 5.32 Å². The van der Waals surface area contributed by atoms with E-state index in [1.54, 1.807) is 18.2 Å². The molecule has 0 aromatic heterocycles. The standard InChI is InChI=1S/C19H19N3O3/c1-13(23)20-16(14-7-3-2-4-8-14)11-19(25)22-12-18(24)21-15-9-5-6-10-17(15)22/h2-10,16H,11-12H2,1H3,(H,20,23)(H,21,24).